The van der Waals surface area contributed by atoms with E-state index in [1.54, 1.807) is 0 Å². The average molecular weight is 488 g/mol. The number of benzene rings is 1. The van der Waals surface area contributed by atoms with E-state index in [-0.39, 0.29) is 6.61 Å². The number of methoxy groups -OCH3 is 2. The number of fused-ring (bicyclic) bond motifs is 1. The zero-order valence-corrected chi connectivity index (χ0v) is 19.9. The van der Waals surface area contributed by atoms with E-state index in [9.17, 15) is 10.2 Å². The molecular weight excluding hydrogens is 450 g/mol. The molecule has 1 fully saturated rings. The van der Waals surface area contributed by atoms with Crippen LogP contribution in [0.4, 0.5) is 0 Å². The second-order valence-corrected chi connectivity index (χ2v) is 7.87. The summed E-state index contributed by atoms with van der Waals surface area (Å²) >= 11 is 0. The van der Waals surface area contributed by atoms with Gasteiger partial charge in [0, 0.05) is 20.8 Å². The van der Waals surface area contributed by atoms with Gasteiger partial charge in [-0.2, -0.15) is 0 Å². The summed E-state index contributed by atoms with van der Waals surface area (Å²) in [5.74, 6) is 1.20. The van der Waals surface area contributed by atoms with Gasteiger partial charge >= 0.3 is 0 Å². The van der Waals surface area contributed by atoms with Gasteiger partial charge in [0.25, 0.3) is 0 Å². The number of aliphatic hydroxyl groups is 2. The first-order valence-corrected chi connectivity index (χ1v) is 11.5. The predicted octanol–water partition coefficient (Wildman–Crippen LogP) is -0.295. The quantitative estimate of drug-likeness (QED) is 0.490. The molecule has 0 amide bonds. The molecule has 1 aromatic carbocycles. The monoisotopic (exact) mass is 487 g/mol. The number of aliphatic hydroxyl groups excluding tert-OH is 2. The molecule has 3 rings (SSSR count). The van der Waals surface area contributed by atoms with Gasteiger partial charge < -0.3 is 53.4 Å². The lowest BCUT2D eigenvalue weighted by Gasteiger charge is -2.43. The summed E-state index contributed by atoms with van der Waals surface area (Å²) in [6, 6.07) is 5.07. The van der Waals surface area contributed by atoms with Crippen molar-refractivity contribution >= 4 is 0 Å². The maximum Gasteiger partial charge on any atom is 0.175 e. The summed E-state index contributed by atoms with van der Waals surface area (Å²) in [5, 5.41) is 23.6. The third-order valence-electron chi connectivity index (χ3n) is 5.62. The Kier molecular flexibility index (Phi) is 11.7. The van der Waals surface area contributed by atoms with Crippen molar-refractivity contribution in [1.29, 1.82) is 0 Å². The van der Waals surface area contributed by atoms with Crippen molar-refractivity contribution in [2.75, 3.05) is 73.7 Å². The minimum Gasteiger partial charge on any atom is -0.487 e. The number of hydrogen-bond donors (Lipinski definition) is 3. The van der Waals surface area contributed by atoms with Gasteiger partial charge in [0.05, 0.1) is 52.3 Å². The number of hydrogen-bond acceptors (Lipinski definition) is 11. The number of nitrogens with one attached hydrogen (secondary N) is 1. The lowest BCUT2D eigenvalue weighted by molar-refractivity contribution is -0.268. The second kappa shape index (κ2) is 14.8. The van der Waals surface area contributed by atoms with Crippen molar-refractivity contribution in [2.24, 2.45) is 0 Å². The maximum absolute atomic E-state index is 10.8. The molecule has 0 bridgehead atoms. The summed E-state index contributed by atoms with van der Waals surface area (Å²) in [4.78, 5) is 0. The van der Waals surface area contributed by atoms with Gasteiger partial charge in [-0.15, -0.1) is 0 Å². The Morgan fingerprint density at radius 1 is 0.882 bits per heavy atom. The Bertz CT molecular complexity index is 708. The van der Waals surface area contributed by atoms with Gasteiger partial charge in [0.1, 0.15) is 31.5 Å². The van der Waals surface area contributed by atoms with Gasteiger partial charge in [-0.05, 0) is 17.7 Å². The van der Waals surface area contributed by atoms with E-state index in [4.69, 9.17) is 37.9 Å². The van der Waals surface area contributed by atoms with Gasteiger partial charge in [-0.1, -0.05) is 6.07 Å². The van der Waals surface area contributed by atoms with E-state index in [2.05, 4.69) is 5.32 Å². The molecule has 1 aromatic rings. The Hall–Kier alpha value is -1.54. The molecule has 2 aliphatic heterocycles. The average Bonchev–Trinajstić information content (AvgIpc) is 2.86. The van der Waals surface area contributed by atoms with Gasteiger partial charge in [-0.3, -0.25) is 0 Å². The standard InChI is InChI=1S/C23H37NO10/c1-27-22-19(15-25)34-23(28-2)20(21(22)26)24-14-16-3-4-17-18(13-16)33-12-10-31-8-6-29-5-7-30-9-11-32-17/h3-4,13,19-26H,5-12,14-15H2,1-2H3. The van der Waals surface area contributed by atoms with Crippen LogP contribution in [0.25, 0.3) is 0 Å². The van der Waals surface area contributed by atoms with Crippen LogP contribution in [0.2, 0.25) is 0 Å². The molecule has 0 aromatic heterocycles. The lowest BCUT2D eigenvalue weighted by atomic mass is 9.96. The predicted molar refractivity (Wildman–Crippen MR) is 120 cm³/mol. The van der Waals surface area contributed by atoms with Gasteiger partial charge in [0.15, 0.2) is 17.8 Å². The van der Waals surface area contributed by atoms with E-state index in [0.29, 0.717) is 70.9 Å². The Morgan fingerprint density at radius 2 is 1.50 bits per heavy atom. The summed E-state index contributed by atoms with van der Waals surface area (Å²) in [7, 11) is 2.96. The molecule has 1 saturated heterocycles. The molecule has 34 heavy (non-hydrogen) atoms. The van der Waals surface area contributed by atoms with Crippen LogP contribution < -0.4 is 14.8 Å². The van der Waals surface area contributed by atoms with Crippen LogP contribution in [0.3, 0.4) is 0 Å². The van der Waals surface area contributed by atoms with E-state index in [1.165, 1.54) is 14.2 Å². The smallest absolute Gasteiger partial charge is 0.175 e. The highest BCUT2D eigenvalue weighted by Gasteiger charge is 2.45. The first-order valence-electron chi connectivity index (χ1n) is 11.5. The first-order chi connectivity index (χ1) is 16.7. The van der Waals surface area contributed by atoms with Crippen LogP contribution in [0.15, 0.2) is 18.2 Å². The highest BCUT2D eigenvalue weighted by molar-refractivity contribution is 5.43. The molecular formula is C23H37NO10. The fourth-order valence-electron chi connectivity index (χ4n) is 3.87. The minimum atomic E-state index is -0.942. The van der Waals surface area contributed by atoms with E-state index in [1.807, 2.05) is 18.2 Å². The molecule has 11 heteroatoms. The van der Waals surface area contributed by atoms with Crippen molar-refractivity contribution in [1.82, 2.24) is 5.32 Å². The molecule has 5 unspecified atom stereocenters. The molecule has 0 radical (unpaired) electrons. The van der Waals surface area contributed by atoms with E-state index >= 15 is 0 Å². The largest absolute Gasteiger partial charge is 0.487 e. The summed E-state index contributed by atoms with van der Waals surface area (Å²) in [6.07, 6.45) is -3.06. The highest BCUT2D eigenvalue weighted by atomic mass is 16.7. The molecule has 2 aliphatic rings. The van der Waals surface area contributed by atoms with Crippen molar-refractivity contribution < 1.29 is 48.1 Å². The van der Waals surface area contributed by atoms with Crippen LogP contribution in [0.5, 0.6) is 11.5 Å². The molecule has 0 aliphatic carbocycles. The minimum absolute atomic E-state index is 0.286. The molecule has 3 N–H and O–H groups in total. The van der Waals surface area contributed by atoms with Gasteiger partial charge in [0.2, 0.25) is 0 Å². The van der Waals surface area contributed by atoms with Crippen LogP contribution in [-0.2, 0) is 35.0 Å². The fraction of sp³-hybridized carbons (Fsp3) is 0.739. The molecule has 5 atom stereocenters. The van der Waals surface area contributed by atoms with Crippen molar-refractivity contribution in [2.45, 2.75) is 37.2 Å². The Morgan fingerprint density at radius 3 is 2.09 bits per heavy atom. The van der Waals surface area contributed by atoms with Crippen molar-refractivity contribution in [3.8, 4) is 11.5 Å². The van der Waals surface area contributed by atoms with Crippen LogP contribution >= 0.6 is 0 Å². The van der Waals surface area contributed by atoms with Crippen molar-refractivity contribution in [3.05, 3.63) is 23.8 Å². The summed E-state index contributed by atoms with van der Waals surface area (Å²) in [5.41, 5.74) is 0.908. The molecule has 194 valence electrons. The van der Waals surface area contributed by atoms with Gasteiger partial charge in [-0.25, -0.2) is 0 Å². The second-order valence-electron chi connectivity index (χ2n) is 7.87. The summed E-state index contributed by atoms with van der Waals surface area (Å²) < 4.78 is 44.7. The number of rotatable bonds is 6. The summed E-state index contributed by atoms with van der Waals surface area (Å²) in [6.45, 7) is 3.74. The van der Waals surface area contributed by atoms with Crippen LogP contribution in [-0.4, -0.2) is 115 Å². The first kappa shape index (κ1) is 27.1. The maximum atomic E-state index is 10.8. The lowest BCUT2D eigenvalue weighted by Crippen LogP contribution is -2.64. The molecule has 2 heterocycles. The highest BCUT2D eigenvalue weighted by Crippen LogP contribution is 2.29. The third kappa shape index (κ3) is 7.74. The zero-order valence-electron chi connectivity index (χ0n) is 19.9. The fourth-order valence-corrected chi connectivity index (χ4v) is 3.87. The van der Waals surface area contributed by atoms with Crippen LogP contribution in [0.1, 0.15) is 5.56 Å². The number of ether oxygens (including phenoxy) is 8. The van der Waals surface area contributed by atoms with Crippen molar-refractivity contribution in [3.63, 3.8) is 0 Å². The zero-order chi connectivity index (χ0) is 24.2. The molecule has 0 saturated carbocycles. The normalized spacial score (nSPS) is 29.7. The SMILES string of the molecule is COC1OC(CO)C(OC)C(O)C1NCc1ccc2c(c1)OCCOCCOCCOCCO2. The Balaban J connectivity index is 1.64. The molecule has 11 nitrogen and oxygen atoms in total. The van der Waals surface area contributed by atoms with E-state index < -0.39 is 30.6 Å². The van der Waals surface area contributed by atoms with Crippen LogP contribution in [0, 0.1) is 0 Å². The Labute approximate surface area is 200 Å². The molecule has 0 spiro atoms. The third-order valence-corrected chi connectivity index (χ3v) is 5.62. The van der Waals surface area contributed by atoms with E-state index in [0.717, 1.165) is 5.56 Å². The topological polar surface area (TPSA) is 126 Å².